The van der Waals surface area contributed by atoms with Gasteiger partial charge in [0.2, 0.25) is 0 Å². The second kappa shape index (κ2) is 6.63. The van der Waals surface area contributed by atoms with Crippen LogP contribution in [0.3, 0.4) is 0 Å². The predicted molar refractivity (Wildman–Crippen MR) is 90.7 cm³/mol. The molecule has 24 heavy (non-hydrogen) atoms. The molecular formula is C18H15ClFNO3. The lowest BCUT2D eigenvalue weighted by atomic mass is 10.1. The third-order valence-electron chi connectivity index (χ3n) is 3.74. The molecule has 0 amide bonds. The minimum Gasteiger partial charge on any atom is -0.508 e. The summed E-state index contributed by atoms with van der Waals surface area (Å²) in [5, 5.41) is 10.6. The minimum absolute atomic E-state index is 0.0225. The van der Waals surface area contributed by atoms with Gasteiger partial charge in [-0.1, -0.05) is 17.7 Å². The monoisotopic (exact) mass is 347 g/mol. The lowest BCUT2D eigenvalue weighted by molar-refractivity contribution is 0.314. The Bertz CT molecular complexity index is 934. The van der Waals surface area contributed by atoms with E-state index < -0.39 is 5.63 Å². The molecule has 0 aliphatic carbocycles. The molecule has 3 rings (SSSR count). The van der Waals surface area contributed by atoms with Crippen molar-refractivity contribution in [2.75, 3.05) is 7.05 Å². The van der Waals surface area contributed by atoms with Gasteiger partial charge in [-0.3, -0.25) is 4.90 Å². The number of aromatic hydroxyl groups is 1. The quantitative estimate of drug-likeness (QED) is 0.727. The lowest BCUT2D eigenvalue weighted by Gasteiger charge is -2.18. The van der Waals surface area contributed by atoms with Gasteiger partial charge in [0, 0.05) is 41.2 Å². The van der Waals surface area contributed by atoms with Crippen LogP contribution < -0.4 is 5.63 Å². The molecule has 1 aromatic heterocycles. The number of rotatable bonds is 4. The molecule has 0 spiro atoms. The molecule has 0 aliphatic heterocycles. The third-order valence-corrected chi connectivity index (χ3v) is 4.10. The second-order valence-corrected chi connectivity index (χ2v) is 6.05. The van der Waals surface area contributed by atoms with E-state index in [9.17, 15) is 14.3 Å². The van der Waals surface area contributed by atoms with Crippen LogP contribution in [-0.2, 0) is 13.1 Å². The number of benzene rings is 2. The Balaban J connectivity index is 1.91. The van der Waals surface area contributed by atoms with E-state index >= 15 is 0 Å². The highest BCUT2D eigenvalue weighted by atomic mass is 35.5. The molecule has 0 aliphatic rings. The molecule has 0 saturated carbocycles. The zero-order valence-electron chi connectivity index (χ0n) is 12.9. The molecule has 124 valence electrons. The summed E-state index contributed by atoms with van der Waals surface area (Å²) in [6.07, 6.45) is 0. The molecule has 0 unspecified atom stereocenters. The smallest absolute Gasteiger partial charge is 0.336 e. The van der Waals surface area contributed by atoms with Gasteiger partial charge in [-0.25, -0.2) is 9.18 Å². The molecule has 0 saturated heterocycles. The van der Waals surface area contributed by atoms with E-state index in [1.165, 1.54) is 24.3 Å². The highest BCUT2D eigenvalue weighted by molar-refractivity contribution is 6.31. The van der Waals surface area contributed by atoms with E-state index in [1.54, 1.807) is 18.2 Å². The largest absolute Gasteiger partial charge is 0.508 e. The van der Waals surface area contributed by atoms with Gasteiger partial charge in [0.1, 0.15) is 17.1 Å². The van der Waals surface area contributed by atoms with Crippen LogP contribution >= 0.6 is 11.6 Å². The van der Waals surface area contributed by atoms with Crippen molar-refractivity contribution in [1.82, 2.24) is 4.90 Å². The Labute approximate surface area is 142 Å². The van der Waals surface area contributed by atoms with Crippen LogP contribution in [0.1, 0.15) is 11.1 Å². The number of fused-ring (bicyclic) bond motifs is 1. The zero-order chi connectivity index (χ0) is 17.3. The summed E-state index contributed by atoms with van der Waals surface area (Å²) in [5.74, 6) is -0.342. The van der Waals surface area contributed by atoms with E-state index in [2.05, 4.69) is 0 Å². The summed E-state index contributed by atoms with van der Waals surface area (Å²) in [6.45, 7) is 0.697. The second-order valence-electron chi connectivity index (χ2n) is 5.64. The van der Waals surface area contributed by atoms with Gasteiger partial charge in [-0.2, -0.15) is 0 Å². The Kier molecular flexibility index (Phi) is 4.55. The normalized spacial score (nSPS) is 11.3. The van der Waals surface area contributed by atoms with E-state index in [0.29, 0.717) is 29.3 Å². The maximum Gasteiger partial charge on any atom is 0.336 e. The van der Waals surface area contributed by atoms with Crippen LogP contribution in [0.5, 0.6) is 5.75 Å². The van der Waals surface area contributed by atoms with Crippen molar-refractivity contribution in [2.24, 2.45) is 0 Å². The highest BCUT2D eigenvalue weighted by Gasteiger charge is 2.13. The number of phenolic OH excluding ortho intramolecular Hbond substituents is 1. The number of phenols is 1. The maximum atomic E-state index is 13.9. The number of hydrogen-bond acceptors (Lipinski definition) is 4. The molecule has 0 bridgehead atoms. The number of hydrogen-bond donors (Lipinski definition) is 1. The van der Waals surface area contributed by atoms with Crippen LogP contribution in [0.15, 0.2) is 51.7 Å². The van der Waals surface area contributed by atoms with Crippen molar-refractivity contribution in [2.45, 2.75) is 13.1 Å². The van der Waals surface area contributed by atoms with Crippen LogP contribution in [-0.4, -0.2) is 17.1 Å². The summed E-state index contributed by atoms with van der Waals surface area (Å²) < 4.78 is 19.0. The molecule has 6 heteroatoms. The lowest BCUT2D eigenvalue weighted by Crippen LogP contribution is -2.19. The zero-order valence-corrected chi connectivity index (χ0v) is 13.7. The van der Waals surface area contributed by atoms with E-state index in [4.69, 9.17) is 16.0 Å². The molecule has 0 fully saturated rings. The first-order valence-electron chi connectivity index (χ1n) is 7.31. The summed E-state index contributed by atoms with van der Waals surface area (Å²) in [5.41, 5.74) is 0.957. The first-order valence-corrected chi connectivity index (χ1v) is 7.69. The van der Waals surface area contributed by atoms with Gasteiger partial charge in [-0.05, 0) is 36.9 Å². The Hall–Kier alpha value is -2.37. The first kappa shape index (κ1) is 16.5. The number of nitrogens with zero attached hydrogens (tertiary/aromatic N) is 1. The standard InChI is InChI=1S/C18H15ClFNO3/c1-21(10-14-15(19)3-2-4-16(14)20)9-11-7-18(23)24-17-8-12(22)5-6-13(11)17/h2-8,22H,9-10H2,1H3. The van der Waals surface area contributed by atoms with Crippen molar-refractivity contribution >= 4 is 22.6 Å². The summed E-state index contributed by atoms with van der Waals surface area (Å²) in [6, 6.07) is 10.6. The molecule has 1 heterocycles. The summed E-state index contributed by atoms with van der Waals surface area (Å²) in [7, 11) is 1.81. The van der Waals surface area contributed by atoms with Crippen molar-refractivity contribution in [3.05, 3.63) is 74.9 Å². The van der Waals surface area contributed by atoms with E-state index in [0.717, 1.165) is 10.9 Å². The highest BCUT2D eigenvalue weighted by Crippen LogP contribution is 2.24. The fourth-order valence-corrected chi connectivity index (χ4v) is 2.87. The fourth-order valence-electron chi connectivity index (χ4n) is 2.65. The van der Waals surface area contributed by atoms with E-state index in [1.807, 2.05) is 11.9 Å². The minimum atomic E-state index is -0.500. The van der Waals surface area contributed by atoms with Crippen molar-refractivity contribution in [3.63, 3.8) is 0 Å². The molecule has 3 aromatic rings. The Morgan fingerprint density at radius 1 is 1.21 bits per heavy atom. The topological polar surface area (TPSA) is 53.7 Å². The molecular weight excluding hydrogens is 333 g/mol. The average molecular weight is 348 g/mol. The SMILES string of the molecule is CN(Cc1c(F)cccc1Cl)Cc1cc(=O)oc2cc(O)ccc12. The molecule has 0 atom stereocenters. The third kappa shape index (κ3) is 3.42. The molecule has 4 nitrogen and oxygen atoms in total. The first-order chi connectivity index (χ1) is 11.4. The van der Waals surface area contributed by atoms with E-state index in [-0.39, 0.29) is 11.6 Å². The maximum absolute atomic E-state index is 13.9. The summed E-state index contributed by atoms with van der Waals surface area (Å²) in [4.78, 5) is 13.6. The van der Waals surface area contributed by atoms with Gasteiger partial charge in [0.15, 0.2) is 0 Å². The number of halogens is 2. The summed E-state index contributed by atoms with van der Waals surface area (Å²) >= 11 is 6.05. The van der Waals surface area contributed by atoms with Crippen molar-refractivity contribution in [3.8, 4) is 5.75 Å². The Morgan fingerprint density at radius 2 is 2.00 bits per heavy atom. The Morgan fingerprint density at radius 3 is 2.75 bits per heavy atom. The average Bonchev–Trinajstić information content (AvgIpc) is 2.50. The molecule has 0 radical (unpaired) electrons. The van der Waals surface area contributed by atoms with Gasteiger partial charge in [0.05, 0.1) is 0 Å². The van der Waals surface area contributed by atoms with Crippen molar-refractivity contribution in [1.29, 1.82) is 0 Å². The van der Waals surface area contributed by atoms with Gasteiger partial charge in [-0.15, -0.1) is 0 Å². The van der Waals surface area contributed by atoms with Crippen molar-refractivity contribution < 1.29 is 13.9 Å². The van der Waals surface area contributed by atoms with Crippen LogP contribution in [0, 0.1) is 5.82 Å². The fraction of sp³-hybridized carbons (Fsp3) is 0.167. The predicted octanol–water partition coefficient (Wildman–Crippen LogP) is 3.92. The van der Waals surface area contributed by atoms with Gasteiger partial charge in [0.25, 0.3) is 0 Å². The molecule has 1 N–H and O–H groups in total. The van der Waals surface area contributed by atoms with Crippen LogP contribution in [0.2, 0.25) is 5.02 Å². The van der Waals surface area contributed by atoms with Crippen LogP contribution in [0.25, 0.3) is 11.0 Å². The van der Waals surface area contributed by atoms with Crippen LogP contribution in [0.4, 0.5) is 4.39 Å². The van der Waals surface area contributed by atoms with Gasteiger partial charge >= 0.3 is 5.63 Å². The molecule has 2 aromatic carbocycles. The van der Waals surface area contributed by atoms with Gasteiger partial charge < -0.3 is 9.52 Å².